The summed E-state index contributed by atoms with van der Waals surface area (Å²) < 4.78 is 47.4. The Morgan fingerprint density at radius 1 is 1.16 bits per heavy atom. The number of alkyl halides is 3. The van der Waals surface area contributed by atoms with Crippen molar-refractivity contribution in [2.75, 3.05) is 46.2 Å². The molecular weight excluding hydrogens is 611 g/mol. The van der Waals surface area contributed by atoms with Gasteiger partial charge in [-0.15, -0.1) is 11.3 Å². The number of halogens is 3. The van der Waals surface area contributed by atoms with Gasteiger partial charge < -0.3 is 24.8 Å². The van der Waals surface area contributed by atoms with E-state index in [0.29, 0.717) is 42.9 Å². The number of rotatable bonds is 11. The number of carbonyl (C=O) groups excluding carboxylic acids is 2. The van der Waals surface area contributed by atoms with Gasteiger partial charge in [0.2, 0.25) is 5.43 Å². The standard InChI is InChI=1S/C30H34F3N7O4S/c1-17(2)36-29(43)38-25-13-19(28-37-24(16-45-28)30(31,32)33)21(14-35-25)18-6-7-23-20(12-18)26(41)22(15-40(23)10-11-44-5)27(42)34-8-9-39(3)4/h6-7,12-17H,8-11H2,1-5H3,(H,34,42)(H2,35,36,38,43). The molecule has 0 fully saturated rings. The second kappa shape index (κ2) is 14.2. The van der Waals surface area contributed by atoms with Gasteiger partial charge in [0.15, 0.2) is 5.69 Å². The highest BCUT2D eigenvalue weighted by atomic mass is 32.1. The van der Waals surface area contributed by atoms with Crippen molar-refractivity contribution in [2.45, 2.75) is 32.6 Å². The number of methoxy groups -OCH3 is 1. The van der Waals surface area contributed by atoms with Gasteiger partial charge in [-0.3, -0.25) is 14.9 Å². The van der Waals surface area contributed by atoms with Gasteiger partial charge in [0, 0.05) is 67.1 Å². The van der Waals surface area contributed by atoms with Crippen LogP contribution in [0, 0.1) is 0 Å². The number of likely N-dealkylation sites (N-methyl/N-ethyl adjacent to an activating group) is 1. The number of pyridine rings is 2. The number of amides is 3. The van der Waals surface area contributed by atoms with E-state index in [4.69, 9.17) is 4.74 Å². The Kier molecular flexibility index (Phi) is 10.6. The third kappa shape index (κ3) is 8.23. The van der Waals surface area contributed by atoms with E-state index in [1.807, 2.05) is 19.0 Å². The first-order chi connectivity index (χ1) is 21.3. The summed E-state index contributed by atoms with van der Waals surface area (Å²) >= 11 is 0.787. The minimum absolute atomic E-state index is 0.0404. The molecule has 45 heavy (non-hydrogen) atoms. The lowest BCUT2D eigenvalue weighted by Crippen LogP contribution is -2.34. The van der Waals surface area contributed by atoms with Crippen LogP contribution in [0.3, 0.4) is 0 Å². The quantitative estimate of drug-likeness (QED) is 0.216. The Morgan fingerprint density at radius 2 is 1.91 bits per heavy atom. The van der Waals surface area contributed by atoms with Gasteiger partial charge in [0.1, 0.15) is 16.4 Å². The van der Waals surface area contributed by atoms with E-state index in [-0.39, 0.29) is 33.4 Å². The summed E-state index contributed by atoms with van der Waals surface area (Å²) in [4.78, 5) is 49.1. The summed E-state index contributed by atoms with van der Waals surface area (Å²) in [6.45, 7) is 5.14. The lowest BCUT2D eigenvalue weighted by atomic mass is 9.99. The largest absolute Gasteiger partial charge is 0.434 e. The number of hydrogen-bond donors (Lipinski definition) is 3. The van der Waals surface area contributed by atoms with Crippen LogP contribution in [0.15, 0.2) is 46.8 Å². The third-order valence-electron chi connectivity index (χ3n) is 6.61. The molecule has 3 N–H and O–H groups in total. The molecule has 0 aliphatic rings. The molecule has 11 nitrogen and oxygen atoms in total. The van der Waals surface area contributed by atoms with Crippen molar-refractivity contribution >= 4 is 40.0 Å². The number of thiazole rings is 1. The molecule has 4 aromatic rings. The smallest absolute Gasteiger partial charge is 0.383 e. The van der Waals surface area contributed by atoms with E-state index in [2.05, 4.69) is 25.9 Å². The van der Waals surface area contributed by atoms with Crippen LogP contribution < -0.4 is 21.4 Å². The van der Waals surface area contributed by atoms with Crippen molar-refractivity contribution in [3.63, 3.8) is 0 Å². The van der Waals surface area contributed by atoms with Gasteiger partial charge in [-0.1, -0.05) is 6.07 Å². The maximum atomic E-state index is 13.7. The average Bonchev–Trinajstić information content (AvgIpc) is 3.47. The number of fused-ring (bicyclic) bond motifs is 1. The molecule has 4 rings (SSSR count). The normalized spacial score (nSPS) is 11.8. The van der Waals surface area contributed by atoms with Crippen molar-refractivity contribution in [1.82, 2.24) is 30.1 Å². The highest BCUT2D eigenvalue weighted by Gasteiger charge is 2.34. The lowest BCUT2D eigenvalue weighted by Gasteiger charge is -2.16. The monoisotopic (exact) mass is 645 g/mol. The molecule has 0 saturated carbocycles. The molecule has 0 atom stereocenters. The number of urea groups is 1. The molecule has 3 amide bonds. The first kappa shape index (κ1) is 33.6. The Balaban J connectivity index is 1.86. The molecule has 240 valence electrons. The summed E-state index contributed by atoms with van der Waals surface area (Å²) in [6.07, 6.45) is -1.75. The van der Waals surface area contributed by atoms with Crippen LogP contribution in [0.5, 0.6) is 0 Å². The number of hydrogen-bond acceptors (Lipinski definition) is 8. The predicted molar refractivity (Wildman–Crippen MR) is 168 cm³/mol. The molecule has 0 saturated heterocycles. The first-order valence-electron chi connectivity index (χ1n) is 14.0. The molecule has 0 spiro atoms. The topological polar surface area (TPSA) is 130 Å². The van der Waals surface area contributed by atoms with Crippen LogP contribution in [0.25, 0.3) is 32.6 Å². The van der Waals surface area contributed by atoms with Crippen LogP contribution in [0.2, 0.25) is 0 Å². The van der Waals surface area contributed by atoms with Crippen molar-refractivity contribution in [3.05, 3.63) is 63.5 Å². The van der Waals surface area contributed by atoms with Gasteiger partial charge >= 0.3 is 12.2 Å². The fraction of sp³-hybridized carbons (Fsp3) is 0.367. The van der Waals surface area contributed by atoms with E-state index in [0.717, 1.165) is 16.7 Å². The fourth-order valence-corrected chi connectivity index (χ4v) is 5.32. The molecule has 15 heteroatoms. The number of anilines is 1. The van der Waals surface area contributed by atoms with E-state index in [1.54, 1.807) is 43.7 Å². The Bertz CT molecular complexity index is 1750. The molecule has 0 unspecified atom stereocenters. The van der Waals surface area contributed by atoms with Crippen LogP contribution in [0.1, 0.15) is 29.9 Å². The van der Waals surface area contributed by atoms with Crippen LogP contribution >= 0.6 is 11.3 Å². The summed E-state index contributed by atoms with van der Waals surface area (Å²) in [5, 5.41) is 9.20. The number of benzene rings is 1. The number of ether oxygens (including phenoxy) is 1. The van der Waals surface area contributed by atoms with Gasteiger partial charge in [-0.05, 0) is 51.7 Å². The minimum atomic E-state index is -4.65. The lowest BCUT2D eigenvalue weighted by molar-refractivity contribution is -0.140. The highest BCUT2D eigenvalue weighted by molar-refractivity contribution is 7.13. The second-order valence-corrected chi connectivity index (χ2v) is 11.6. The van der Waals surface area contributed by atoms with Gasteiger partial charge in [-0.25, -0.2) is 14.8 Å². The van der Waals surface area contributed by atoms with Crippen LogP contribution in [-0.4, -0.2) is 78.3 Å². The van der Waals surface area contributed by atoms with Crippen molar-refractivity contribution in [2.24, 2.45) is 0 Å². The number of aromatic nitrogens is 3. The summed E-state index contributed by atoms with van der Waals surface area (Å²) in [7, 11) is 5.27. The van der Waals surface area contributed by atoms with Crippen molar-refractivity contribution in [1.29, 1.82) is 0 Å². The predicted octanol–water partition coefficient (Wildman–Crippen LogP) is 4.67. The zero-order valence-corrected chi connectivity index (χ0v) is 26.2. The first-order valence-corrected chi connectivity index (χ1v) is 14.9. The second-order valence-electron chi connectivity index (χ2n) is 10.8. The summed E-state index contributed by atoms with van der Waals surface area (Å²) in [5.74, 6) is -0.435. The summed E-state index contributed by atoms with van der Waals surface area (Å²) in [5.41, 5.74) is 0.0140. The van der Waals surface area contributed by atoms with E-state index < -0.39 is 29.2 Å². The molecule has 0 bridgehead atoms. The van der Waals surface area contributed by atoms with Crippen LogP contribution in [0.4, 0.5) is 23.8 Å². The van der Waals surface area contributed by atoms with E-state index in [9.17, 15) is 27.6 Å². The third-order valence-corrected chi connectivity index (χ3v) is 7.48. The zero-order valence-electron chi connectivity index (χ0n) is 25.4. The SMILES string of the molecule is COCCn1cc(C(=O)NCCN(C)C)c(=O)c2cc(-c3cnc(NC(=O)NC(C)C)cc3-c3nc(C(F)(F)F)cs3)ccc21. The van der Waals surface area contributed by atoms with Gasteiger partial charge in [0.05, 0.1) is 12.1 Å². The molecular formula is C30H34F3N7O4S. The highest BCUT2D eigenvalue weighted by Crippen LogP contribution is 2.39. The van der Waals surface area contributed by atoms with Crippen molar-refractivity contribution in [3.8, 4) is 21.7 Å². The maximum Gasteiger partial charge on any atom is 0.434 e. The molecule has 3 aromatic heterocycles. The zero-order chi connectivity index (χ0) is 32.9. The Labute approximate surface area is 261 Å². The average molecular weight is 646 g/mol. The molecule has 0 radical (unpaired) electrons. The minimum Gasteiger partial charge on any atom is -0.383 e. The van der Waals surface area contributed by atoms with E-state index in [1.165, 1.54) is 18.5 Å². The fourth-order valence-electron chi connectivity index (χ4n) is 4.46. The molecule has 0 aliphatic carbocycles. The van der Waals surface area contributed by atoms with Gasteiger partial charge in [-0.2, -0.15) is 13.2 Å². The van der Waals surface area contributed by atoms with Crippen molar-refractivity contribution < 1.29 is 27.5 Å². The number of carbonyl (C=O) groups is 2. The number of nitrogens with zero attached hydrogens (tertiary/aromatic N) is 4. The van der Waals surface area contributed by atoms with Gasteiger partial charge in [0.25, 0.3) is 5.91 Å². The number of nitrogens with one attached hydrogen (secondary N) is 3. The molecule has 0 aliphatic heterocycles. The van der Waals surface area contributed by atoms with E-state index >= 15 is 0 Å². The van der Waals surface area contributed by atoms with Crippen LogP contribution in [-0.2, 0) is 17.5 Å². The Morgan fingerprint density at radius 3 is 2.56 bits per heavy atom. The summed E-state index contributed by atoms with van der Waals surface area (Å²) in [6, 6.07) is 5.72. The molecule has 3 heterocycles. The maximum absolute atomic E-state index is 13.7. The molecule has 1 aromatic carbocycles. The Hall–Kier alpha value is -4.34.